The first-order valence-electron chi connectivity index (χ1n) is 5.51. The number of halogens is 4. The second-order valence-electron chi connectivity index (χ2n) is 3.65. The predicted octanol–water partition coefficient (Wildman–Crippen LogP) is 3.35. The van der Waals surface area contributed by atoms with Gasteiger partial charge in [-0.25, -0.2) is 13.2 Å². The zero-order valence-electron chi connectivity index (χ0n) is 9.85. The van der Waals surface area contributed by atoms with Crippen LogP contribution < -0.4 is 0 Å². The van der Waals surface area contributed by atoms with E-state index >= 15 is 0 Å². The Hall–Kier alpha value is -1.04. The summed E-state index contributed by atoms with van der Waals surface area (Å²) in [4.78, 5) is 13.3. The van der Waals surface area contributed by atoms with E-state index in [1.807, 2.05) is 0 Å². The number of carbonyl (C=O) groups excluding carboxylic acids is 1. The summed E-state index contributed by atoms with van der Waals surface area (Å²) in [5.74, 6) is -4.97. The van der Waals surface area contributed by atoms with Crippen molar-refractivity contribution < 1.29 is 18.0 Å². The fourth-order valence-electron chi connectivity index (χ4n) is 1.52. The molecule has 0 aliphatic rings. The topological polar surface area (TPSA) is 20.3 Å². The highest BCUT2D eigenvalue weighted by atomic mass is 79.9. The standard InChI is InChI=1S/C12H13BrF3NO/c1-2-17(7-3-6-13)12(18)8-4-5-9(14)11(16)10(8)15/h4-5H,2-3,6-7H2,1H3. The third kappa shape index (κ3) is 3.25. The zero-order chi connectivity index (χ0) is 13.7. The van der Waals surface area contributed by atoms with Crippen LogP contribution in [0.2, 0.25) is 0 Å². The van der Waals surface area contributed by atoms with Crippen LogP contribution in [0.5, 0.6) is 0 Å². The Balaban J connectivity index is 2.98. The summed E-state index contributed by atoms with van der Waals surface area (Å²) in [7, 11) is 0. The van der Waals surface area contributed by atoms with E-state index in [2.05, 4.69) is 15.9 Å². The van der Waals surface area contributed by atoms with Crippen LogP contribution in [0.1, 0.15) is 23.7 Å². The highest BCUT2D eigenvalue weighted by Gasteiger charge is 2.22. The summed E-state index contributed by atoms with van der Waals surface area (Å²) in [6.45, 7) is 2.55. The minimum Gasteiger partial charge on any atom is -0.339 e. The van der Waals surface area contributed by atoms with Crippen molar-refractivity contribution >= 4 is 21.8 Å². The third-order valence-electron chi connectivity index (χ3n) is 2.50. The lowest BCUT2D eigenvalue weighted by atomic mass is 10.1. The Bertz CT molecular complexity index is 440. The van der Waals surface area contributed by atoms with Crippen molar-refractivity contribution in [2.45, 2.75) is 13.3 Å². The molecule has 0 unspecified atom stereocenters. The first kappa shape index (κ1) is 15.0. The number of amides is 1. The molecule has 0 spiro atoms. The summed E-state index contributed by atoms with van der Waals surface area (Å²) in [6.07, 6.45) is 0.699. The van der Waals surface area contributed by atoms with E-state index in [0.717, 1.165) is 12.1 Å². The van der Waals surface area contributed by atoms with Crippen LogP contribution in [0, 0.1) is 17.5 Å². The van der Waals surface area contributed by atoms with Gasteiger partial charge in [0, 0.05) is 18.4 Å². The predicted molar refractivity (Wildman–Crippen MR) is 66.3 cm³/mol. The molecule has 18 heavy (non-hydrogen) atoms. The van der Waals surface area contributed by atoms with Gasteiger partial charge in [-0.1, -0.05) is 15.9 Å². The highest BCUT2D eigenvalue weighted by molar-refractivity contribution is 9.09. The van der Waals surface area contributed by atoms with Crippen molar-refractivity contribution in [3.63, 3.8) is 0 Å². The van der Waals surface area contributed by atoms with Gasteiger partial charge in [-0.3, -0.25) is 4.79 Å². The van der Waals surface area contributed by atoms with Crippen LogP contribution in [0.25, 0.3) is 0 Å². The molecular weight excluding hydrogens is 311 g/mol. The minimum atomic E-state index is -1.61. The first-order chi connectivity index (χ1) is 8.52. The summed E-state index contributed by atoms with van der Waals surface area (Å²) in [5.41, 5.74) is -0.440. The monoisotopic (exact) mass is 323 g/mol. The minimum absolute atomic E-state index is 0.379. The number of alkyl halides is 1. The van der Waals surface area contributed by atoms with Crippen molar-refractivity contribution in [2.75, 3.05) is 18.4 Å². The number of hydrogen-bond acceptors (Lipinski definition) is 1. The number of carbonyl (C=O) groups is 1. The highest BCUT2D eigenvalue weighted by Crippen LogP contribution is 2.17. The van der Waals surface area contributed by atoms with Crippen molar-refractivity contribution in [2.24, 2.45) is 0 Å². The van der Waals surface area contributed by atoms with Gasteiger partial charge in [0.05, 0.1) is 5.56 Å². The largest absolute Gasteiger partial charge is 0.339 e. The Labute approximate surface area is 112 Å². The fourth-order valence-corrected chi connectivity index (χ4v) is 1.77. The second kappa shape index (κ2) is 6.78. The molecule has 0 fully saturated rings. The SMILES string of the molecule is CCN(CCCBr)C(=O)c1ccc(F)c(F)c1F. The van der Waals surface area contributed by atoms with E-state index < -0.39 is 28.9 Å². The van der Waals surface area contributed by atoms with Crippen molar-refractivity contribution in [3.05, 3.63) is 35.1 Å². The van der Waals surface area contributed by atoms with Crippen molar-refractivity contribution in [1.82, 2.24) is 4.90 Å². The third-order valence-corrected chi connectivity index (χ3v) is 3.06. The van der Waals surface area contributed by atoms with E-state index in [4.69, 9.17) is 0 Å². The lowest BCUT2D eigenvalue weighted by molar-refractivity contribution is 0.0759. The van der Waals surface area contributed by atoms with Gasteiger partial charge in [-0.2, -0.15) is 0 Å². The summed E-state index contributed by atoms with van der Waals surface area (Å²) in [5, 5.41) is 0.705. The molecule has 0 aromatic heterocycles. The molecule has 1 aromatic carbocycles. The molecule has 0 saturated heterocycles. The quantitative estimate of drug-likeness (QED) is 0.601. The average molecular weight is 324 g/mol. The Morgan fingerprint density at radius 2 is 1.94 bits per heavy atom. The summed E-state index contributed by atoms with van der Waals surface area (Å²) >= 11 is 3.23. The van der Waals surface area contributed by atoms with Crippen LogP contribution in [0.4, 0.5) is 13.2 Å². The Morgan fingerprint density at radius 3 is 2.50 bits per heavy atom. The molecular formula is C12H13BrF3NO. The van der Waals surface area contributed by atoms with E-state index in [1.165, 1.54) is 4.90 Å². The molecule has 2 nitrogen and oxygen atoms in total. The molecule has 100 valence electrons. The maximum atomic E-state index is 13.5. The molecule has 0 atom stereocenters. The molecule has 0 radical (unpaired) electrons. The van der Waals surface area contributed by atoms with Gasteiger partial charge in [0.2, 0.25) is 0 Å². The van der Waals surface area contributed by atoms with E-state index in [1.54, 1.807) is 6.92 Å². The van der Waals surface area contributed by atoms with Crippen LogP contribution in [0.15, 0.2) is 12.1 Å². The van der Waals surface area contributed by atoms with Crippen molar-refractivity contribution in [1.29, 1.82) is 0 Å². The Kier molecular flexibility index (Phi) is 5.65. The maximum absolute atomic E-state index is 13.5. The Morgan fingerprint density at radius 1 is 1.28 bits per heavy atom. The lowest BCUT2D eigenvalue weighted by Crippen LogP contribution is -2.32. The lowest BCUT2D eigenvalue weighted by Gasteiger charge is -2.20. The molecule has 6 heteroatoms. The normalized spacial score (nSPS) is 10.5. The van der Waals surface area contributed by atoms with Gasteiger partial charge < -0.3 is 4.90 Å². The number of nitrogens with zero attached hydrogens (tertiary/aromatic N) is 1. The van der Waals surface area contributed by atoms with Crippen LogP contribution >= 0.6 is 15.9 Å². The van der Waals surface area contributed by atoms with Crippen LogP contribution in [-0.4, -0.2) is 29.2 Å². The molecule has 0 bridgehead atoms. The van der Waals surface area contributed by atoms with Gasteiger partial charge in [-0.05, 0) is 25.5 Å². The fraction of sp³-hybridized carbons (Fsp3) is 0.417. The second-order valence-corrected chi connectivity index (χ2v) is 4.44. The van der Waals surface area contributed by atoms with Crippen molar-refractivity contribution in [3.8, 4) is 0 Å². The number of rotatable bonds is 5. The molecule has 1 amide bonds. The molecule has 0 aliphatic carbocycles. The molecule has 1 rings (SSSR count). The van der Waals surface area contributed by atoms with Gasteiger partial charge in [-0.15, -0.1) is 0 Å². The van der Waals surface area contributed by atoms with E-state index in [-0.39, 0.29) is 0 Å². The van der Waals surface area contributed by atoms with Crippen LogP contribution in [0.3, 0.4) is 0 Å². The molecule has 0 saturated carbocycles. The molecule has 0 heterocycles. The van der Waals surface area contributed by atoms with Gasteiger partial charge in [0.25, 0.3) is 5.91 Å². The average Bonchev–Trinajstić information content (AvgIpc) is 2.37. The first-order valence-corrected chi connectivity index (χ1v) is 6.63. The smallest absolute Gasteiger partial charge is 0.256 e. The number of hydrogen-bond donors (Lipinski definition) is 0. The summed E-state index contributed by atoms with van der Waals surface area (Å²) < 4.78 is 39.3. The van der Waals surface area contributed by atoms with Crippen LogP contribution in [-0.2, 0) is 0 Å². The van der Waals surface area contributed by atoms with Gasteiger partial charge >= 0.3 is 0 Å². The molecule has 0 N–H and O–H groups in total. The molecule has 1 aromatic rings. The van der Waals surface area contributed by atoms with Gasteiger partial charge in [0.15, 0.2) is 17.5 Å². The molecule has 0 aliphatic heterocycles. The zero-order valence-corrected chi connectivity index (χ0v) is 11.4. The number of benzene rings is 1. The maximum Gasteiger partial charge on any atom is 0.256 e. The van der Waals surface area contributed by atoms with Gasteiger partial charge in [0.1, 0.15) is 0 Å². The summed E-state index contributed by atoms with van der Waals surface area (Å²) in [6, 6.07) is 1.72. The van der Waals surface area contributed by atoms with E-state index in [9.17, 15) is 18.0 Å². The van der Waals surface area contributed by atoms with E-state index in [0.29, 0.717) is 24.8 Å².